The van der Waals surface area contributed by atoms with Crippen LogP contribution in [0, 0.1) is 0 Å². The summed E-state index contributed by atoms with van der Waals surface area (Å²) in [5.41, 5.74) is 5.53. The van der Waals surface area contributed by atoms with Gasteiger partial charge in [0.1, 0.15) is 6.10 Å². The van der Waals surface area contributed by atoms with E-state index in [-0.39, 0.29) is 30.5 Å². The van der Waals surface area contributed by atoms with Crippen LogP contribution in [0.4, 0.5) is 0 Å². The van der Waals surface area contributed by atoms with Gasteiger partial charge in [-0.3, -0.25) is 4.79 Å². The Morgan fingerprint density at radius 3 is 2.72 bits per heavy atom. The minimum absolute atomic E-state index is 0. The number of carbonyl (C=O) groups is 1. The standard InChI is InChI=1S/C12H24N2O3.ClH/c1-9(7-13)14(3)12(15)10(2)17-8-11-5-4-6-16-11;/h9-11H,4-8,13H2,1-3H3;1H. The maximum atomic E-state index is 12.0. The third-order valence-corrected chi connectivity index (χ3v) is 3.25. The van der Waals surface area contributed by atoms with E-state index in [1.165, 1.54) is 0 Å². The number of nitrogens with zero attached hydrogens (tertiary/aromatic N) is 1. The van der Waals surface area contributed by atoms with Crippen LogP contribution in [0.1, 0.15) is 26.7 Å². The quantitative estimate of drug-likeness (QED) is 0.782. The van der Waals surface area contributed by atoms with E-state index in [9.17, 15) is 4.79 Å². The smallest absolute Gasteiger partial charge is 0.251 e. The van der Waals surface area contributed by atoms with Gasteiger partial charge in [-0.05, 0) is 26.7 Å². The lowest BCUT2D eigenvalue weighted by Crippen LogP contribution is -2.45. The summed E-state index contributed by atoms with van der Waals surface area (Å²) in [5.74, 6) is -0.0269. The van der Waals surface area contributed by atoms with Gasteiger partial charge in [0.25, 0.3) is 5.91 Å². The van der Waals surface area contributed by atoms with Crippen LogP contribution in [-0.2, 0) is 14.3 Å². The molecular weight excluding hydrogens is 256 g/mol. The lowest BCUT2D eigenvalue weighted by atomic mass is 10.2. The second-order valence-electron chi connectivity index (χ2n) is 4.64. The number of likely N-dealkylation sites (N-methyl/N-ethyl adjacent to an activating group) is 1. The average Bonchev–Trinajstić information content (AvgIpc) is 2.86. The second kappa shape index (κ2) is 8.69. The van der Waals surface area contributed by atoms with Crippen LogP contribution < -0.4 is 5.73 Å². The largest absolute Gasteiger partial charge is 0.376 e. The normalized spacial score (nSPS) is 22.1. The molecule has 2 N–H and O–H groups in total. The molecule has 1 aliphatic rings. The Balaban J connectivity index is 0.00000289. The molecule has 0 aromatic carbocycles. The molecular formula is C12H25ClN2O3. The van der Waals surface area contributed by atoms with E-state index >= 15 is 0 Å². The van der Waals surface area contributed by atoms with Gasteiger partial charge in [-0.15, -0.1) is 12.4 Å². The predicted octanol–water partition coefficient (Wildman–Crippen LogP) is 0.798. The molecule has 0 saturated carbocycles. The first-order chi connectivity index (χ1) is 8.06. The Hall–Kier alpha value is -0.360. The highest BCUT2D eigenvalue weighted by Crippen LogP contribution is 2.13. The Morgan fingerprint density at radius 1 is 1.56 bits per heavy atom. The van der Waals surface area contributed by atoms with E-state index in [1.54, 1.807) is 18.9 Å². The molecule has 1 amide bonds. The Morgan fingerprint density at radius 2 is 2.22 bits per heavy atom. The number of halogens is 1. The van der Waals surface area contributed by atoms with Gasteiger partial charge in [0.15, 0.2) is 0 Å². The third-order valence-electron chi connectivity index (χ3n) is 3.25. The molecule has 0 aliphatic carbocycles. The summed E-state index contributed by atoms with van der Waals surface area (Å²) in [6.45, 7) is 5.46. The highest BCUT2D eigenvalue weighted by atomic mass is 35.5. The van der Waals surface area contributed by atoms with Crippen molar-refractivity contribution < 1.29 is 14.3 Å². The van der Waals surface area contributed by atoms with Gasteiger partial charge >= 0.3 is 0 Å². The van der Waals surface area contributed by atoms with Crippen molar-refractivity contribution >= 4 is 18.3 Å². The predicted molar refractivity (Wildman–Crippen MR) is 72.9 cm³/mol. The van der Waals surface area contributed by atoms with Crippen LogP contribution in [0.15, 0.2) is 0 Å². The molecule has 3 atom stereocenters. The zero-order valence-corrected chi connectivity index (χ0v) is 12.2. The fraction of sp³-hybridized carbons (Fsp3) is 0.917. The molecule has 5 nitrogen and oxygen atoms in total. The van der Waals surface area contributed by atoms with Gasteiger partial charge in [0.05, 0.1) is 12.7 Å². The van der Waals surface area contributed by atoms with Gasteiger partial charge in [0.2, 0.25) is 0 Å². The number of hydrogen-bond acceptors (Lipinski definition) is 4. The van der Waals surface area contributed by atoms with E-state index in [4.69, 9.17) is 15.2 Å². The van der Waals surface area contributed by atoms with E-state index in [2.05, 4.69) is 0 Å². The lowest BCUT2D eigenvalue weighted by molar-refractivity contribution is -0.144. The molecule has 1 fully saturated rings. The molecule has 6 heteroatoms. The minimum atomic E-state index is -0.432. The summed E-state index contributed by atoms with van der Waals surface area (Å²) in [6.07, 6.45) is 1.83. The highest BCUT2D eigenvalue weighted by Gasteiger charge is 2.23. The van der Waals surface area contributed by atoms with E-state index in [0.29, 0.717) is 13.2 Å². The molecule has 3 unspecified atom stereocenters. The highest BCUT2D eigenvalue weighted by molar-refractivity contribution is 5.85. The number of ether oxygens (including phenoxy) is 2. The lowest BCUT2D eigenvalue weighted by Gasteiger charge is -2.27. The molecule has 1 aliphatic heterocycles. The van der Waals surface area contributed by atoms with Gasteiger partial charge in [0, 0.05) is 26.2 Å². The van der Waals surface area contributed by atoms with Gasteiger partial charge in [-0.1, -0.05) is 0 Å². The van der Waals surface area contributed by atoms with Crippen molar-refractivity contribution in [3.8, 4) is 0 Å². The first-order valence-electron chi connectivity index (χ1n) is 6.26. The maximum Gasteiger partial charge on any atom is 0.251 e. The van der Waals surface area contributed by atoms with Crippen molar-refractivity contribution in [2.24, 2.45) is 5.73 Å². The number of nitrogens with two attached hydrogens (primary N) is 1. The van der Waals surface area contributed by atoms with Crippen LogP contribution in [0.5, 0.6) is 0 Å². The van der Waals surface area contributed by atoms with Crippen LogP contribution in [0.3, 0.4) is 0 Å². The van der Waals surface area contributed by atoms with E-state index in [0.717, 1.165) is 19.4 Å². The first kappa shape index (κ1) is 17.6. The number of carbonyl (C=O) groups excluding carboxylic acids is 1. The molecule has 0 aromatic rings. The van der Waals surface area contributed by atoms with Crippen molar-refractivity contribution in [2.75, 3.05) is 26.8 Å². The number of rotatable bonds is 6. The zero-order valence-electron chi connectivity index (χ0n) is 11.4. The number of hydrogen-bond donors (Lipinski definition) is 1. The second-order valence-corrected chi connectivity index (χ2v) is 4.64. The average molecular weight is 281 g/mol. The van der Waals surface area contributed by atoms with Crippen molar-refractivity contribution in [2.45, 2.75) is 44.9 Å². The van der Waals surface area contributed by atoms with Crippen LogP contribution in [-0.4, -0.2) is 55.9 Å². The summed E-state index contributed by atoms with van der Waals surface area (Å²) in [7, 11) is 1.76. The van der Waals surface area contributed by atoms with Gasteiger partial charge in [-0.25, -0.2) is 0 Å². The Labute approximate surface area is 115 Å². The summed E-state index contributed by atoms with van der Waals surface area (Å²) < 4.78 is 11.0. The maximum absolute atomic E-state index is 12.0. The molecule has 18 heavy (non-hydrogen) atoms. The fourth-order valence-corrected chi connectivity index (χ4v) is 1.76. The molecule has 1 heterocycles. The summed E-state index contributed by atoms with van der Waals surface area (Å²) in [6, 6.07) is 0.0382. The molecule has 0 bridgehead atoms. The van der Waals surface area contributed by atoms with Crippen molar-refractivity contribution in [3.05, 3.63) is 0 Å². The SMILES string of the molecule is CC(OCC1CCCO1)C(=O)N(C)C(C)CN.Cl. The molecule has 1 saturated heterocycles. The first-order valence-corrected chi connectivity index (χ1v) is 6.26. The van der Waals surface area contributed by atoms with Crippen LogP contribution in [0.25, 0.3) is 0 Å². The molecule has 0 radical (unpaired) electrons. The minimum Gasteiger partial charge on any atom is -0.376 e. The molecule has 0 aromatic heterocycles. The topological polar surface area (TPSA) is 64.8 Å². The monoisotopic (exact) mass is 280 g/mol. The van der Waals surface area contributed by atoms with Crippen molar-refractivity contribution in [1.82, 2.24) is 4.90 Å². The third kappa shape index (κ3) is 5.10. The fourth-order valence-electron chi connectivity index (χ4n) is 1.76. The summed E-state index contributed by atoms with van der Waals surface area (Å²) in [5, 5.41) is 0. The van der Waals surface area contributed by atoms with Crippen molar-refractivity contribution in [3.63, 3.8) is 0 Å². The number of amides is 1. The Kier molecular flexibility index (Phi) is 8.52. The van der Waals surface area contributed by atoms with E-state index < -0.39 is 6.10 Å². The van der Waals surface area contributed by atoms with Crippen molar-refractivity contribution in [1.29, 1.82) is 0 Å². The molecule has 1 rings (SSSR count). The van der Waals surface area contributed by atoms with E-state index in [1.807, 2.05) is 6.92 Å². The van der Waals surface area contributed by atoms with Crippen LogP contribution in [0.2, 0.25) is 0 Å². The molecule has 108 valence electrons. The Bertz CT molecular complexity index is 247. The van der Waals surface area contributed by atoms with Gasteiger partial charge < -0.3 is 20.1 Å². The molecule has 0 spiro atoms. The van der Waals surface area contributed by atoms with Gasteiger partial charge in [-0.2, -0.15) is 0 Å². The zero-order chi connectivity index (χ0) is 12.8. The summed E-state index contributed by atoms with van der Waals surface area (Å²) >= 11 is 0. The van der Waals surface area contributed by atoms with Crippen LogP contribution >= 0.6 is 12.4 Å². The summed E-state index contributed by atoms with van der Waals surface area (Å²) in [4.78, 5) is 13.6.